The van der Waals surface area contributed by atoms with Gasteiger partial charge in [0.15, 0.2) is 11.6 Å². The number of nitrogens with zero attached hydrogens (tertiary/aromatic N) is 2. The van der Waals surface area contributed by atoms with Crippen molar-refractivity contribution in [3.63, 3.8) is 0 Å². The lowest BCUT2D eigenvalue weighted by Gasteiger charge is -2.07. The van der Waals surface area contributed by atoms with Crippen LogP contribution in [0.4, 0.5) is 22.0 Å². The summed E-state index contributed by atoms with van der Waals surface area (Å²) < 4.78 is 64.9. The van der Waals surface area contributed by atoms with Gasteiger partial charge in [0.2, 0.25) is 0 Å². The van der Waals surface area contributed by atoms with Gasteiger partial charge in [0.25, 0.3) is 0 Å². The Morgan fingerprint density at radius 1 is 1.16 bits per heavy atom. The summed E-state index contributed by atoms with van der Waals surface area (Å²) in [6.45, 7) is 0. The Bertz CT molecular complexity index is 582. The first-order chi connectivity index (χ1) is 8.82. The van der Waals surface area contributed by atoms with E-state index in [1.54, 1.807) is 0 Å². The minimum absolute atomic E-state index is 0.110. The number of benzene rings is 1. The van der Waals surface area contributed by atoms with E-state index >= 15 is 0 Å². The summed E-state index contributed by atoms with van der Waals surface area (Å²) in [4.78, 5) is 0. The molecule has 0 N–H and O–H groups in total. The average molecular weight is 297 g/mol. The molecule has 0 saturated carbocycles. The van der Waals surface area contributed by atoms with E-state index in [-0.39, 0.29) is 11.4 Å². The van der Waals surface area contributed by atoms with Crippen LogP contribution in [0.2, 0.25) is 0 Å². The van der Waals surface area contributed by atoms with Crippen molar-refractivity contribution in [2.24, 2.45) is 0 Å². The Labute approximate surface area is 109 Å². The molecule has 2 nitrogen and oxygen atoms in total. The zero-order valence-corrected chi connectivity index (χ0v) is 9.93. The third-order valence-corrected chi connectivity index (χ3v) is 2.68. The van der Waals surface area contributed by atoms with Crippen LogP contribution in [0, 0.1) is 11.6 Å². The third kappa shape index (κ3) is 2.70. The smallest absolute Gasteiger partial charge is 0.234 e. The lowest BCUT2D eigenvalue weighted by molar-refractivity contribution is -0.137. The SMILES string of the molecule is Fc1cc(CCl)cc(F)c1-n1cc(C(F)(F)F)cn1. The van der Waals surface area contributed by atoms with Gasteiger partial charge in [0.1, 0.15) is 5.69 Å². The lowest BCUT2D eigenvalue weighted by atomic mass is 10.2. The second-order valence-electron chi connectivity index (χ2n) is 3.71. The highest BCUT2D eigenvalue weighted by atomic mass is 35.5. The summed E-state index contributed by atoms with van der Waals surface area (Å²) in [6, 6.07) is 1.89. The maximum Gasteiger partial charge on any atom is 0.419 e. The molecule has 0 saturated heterocycles. The van der Waals surface area contributed by atoms with Crippen LogP contribution < -0.4 is 0 Å². The molecule has 0 aliphatic carbocycles. The van der Waals surface area contributed by atoms with Crippen LogP contribution >= 0.6 is 11.6 Å². The van der Waals surface area contributed by atoms with Crippen molar-refractivity contribution in [2.45, 2.75) is 12.1 Å². The summed E-state index contributed by atoms with van der Waals surface area (Å²) in [6.07, 6.45) is -3.61. The van der Waals surface area contributed by atoms with Gasteiger partial charge in [0.05, 0.1) is 11.8 Å². The number of hydrogen-bond acceptors (Lipinski definition) is 1. The fourth-order valence-corrected chi connectivity index (χ4v) is 1.66. The van der Waals surface area contributed by atoms with Gasteiger partial charge in [-0.1, -0.05) is 0 Å². The van der Waals surface area contributed by atoms with Crippen molar-refractivity contribution in [1.29, 1.82) is 0 Å². The first kappa shape index (κ1) is 13.8. The van der Waals surface area contributed by atoms with Crippen LogP contribution in [-0.2, 0) is 12.1 Å². The fourth-order valence-electron chi connectivity index (χ4n) is 1.51. The molecule has 0 amide bonds. The fraction of sp³-hybridized carbons (Fsp3) is 0.182. The van der Waals surface area contributed by atoms with Gasteiger partial charge in [-0.25, -0.2) is 13.5 Å². The number of hydrogen-bond donors (Lipinski definition) is 0. The van der Waals surface area contributed by atoms with E-state index in [0.717, 1.165) is 12.1 Å². The standard InChI is InChI=1S/C11H6ClF5N2/c12-3-6-1-8(13)10(9(14)2-6)19-5-7(4-18-19)11(15,16)17/h1-2,4-5H,3H2. The quantitative estimate of drug-likeness (QED) is 0.607. The van der Waals surface area contributed by atoms with E-state index in [1.165, 1.54) is 0 Å². The van der Waals surface area contributed by atoms with Crippen molar-refractivity contribution in [1.82, 2.24) is 9.78 Å². The molecule has 0 bridgehead atoms. The van der Waals surface area contributed by atoms with E-state index in [1.807, 2.05) is 0 Å². The molecular weight excluding hydrogens is 291 g/mol. The summed E-state index contributed by atoms with van der Waals surface area (Å²) in [7, 11) is 0. The molecule has 1 aromatic carbocycles. The minimum atomic E-state index is -4.62. The Balaban J connectivity index is 2.51. The van der Waals surface area contributed by atoms with E-state index in [9.17, 15) is 22.0 Å². The molecular formula is C11H6ClF5N2. The minimum Gasteiger partial charge on any atom is -0.234 e. The van der Waals surface area contributed by atoms with Gasteiger partial charge in [-0.05, 0) is 17.7 Å². The van der Waals surface area contributed by atoms with Crippen LogP contribution in [0.3, 0.4) is 0 Å². The van der Waals surface area contributed by atoms with Crippen LogP contribution in [0.25, 0.3) is 5.69 Å². The summed E-state index contributed by atoms with van der Waals surface area (Å²) in [5.74, 6) is -2.18. The van der Waals surface area contributed by atoms with Crippen LogP contribution in [-0.4, -0.2) is 9.78 Å². The Morgan fingerprint density at radius 2 is 1.74 bits per heavy atom. The van der Waals surface area contributed by atoms with Crippen molar-refractivity contribution in [2.75, 3.05) is 0 Å². The molecule has 0 aliphatic heterocycles. The Hall–Kier alpha value is -1.63. The van der Waals surface area contributed by atoms with E-state index in [4.69, 9.17) is 11.6 Å². The molecule has 19 heavy (non-hydrogen) atoms. The number of halogens is 6. The topological polar surface area (TPSA) is 17.8 Å². The summed E-state index contributed by atoms with van der Waals surface area (Å²) in [5, 5.41) is 3.31. The molecule has 0 fully saturated rings. The zero-order chi connectivity index (χ0) is 14.2. The van der Waals surface area contributed by atoms with Gasteiger partial charge in [-0.15, -0.1) is 11.6 Å². The number of aromatic nitrogens is 2. The molecule has 0 spiro atoms. The van der Waals surface area contributed by atoms with Crippen LogP contribution in [0.5, 0.6) is 0 Å². The molecule has 1 aromatic heterocycles. The second kappa shape index (κ2) is 4.80. The van der Waals surface area contributed by atoms with Crippen LogP contribution in [0.15, 0.2) is 24.5 Å². The molecule has 0 unspecified atom stereocenters. The molecule has 0 radical (unpaired) electrons. The van der Waals surface area contributed by atoms with Crippen molar-refractivity contribution in [3.05, 3.63) is 47.3 Å². The van der Waals surface area contributed by atoms with Gasteiger partial charge in [-0.2, -0.15) is 18.3 Å². The predicted octanol–water partition coefficient (Wildman–Crippen LogP) is 3.91. The molecule has 1 heterocycles. The average Bonchev–Trinajstić information content (AvgIpc) is 2.76. The van der Waals surface area contributed by atoms with E-state index in [2.05, 4.69) is 5.10 Å². The van der Waals surface area contributed by atoms with Gasteiger partial charge in [-0.3, -0.25) is 0 Å². The number of rotatable bonds is 2. The highest BCUT2D eigenvalue weighted by Gasteiger charge is 2.32. The zero-order valence-electron chi connectivity index (χ0n) is 9.18. The maximum absolute atomic E-state index is 13.6. The second-order valence-corrected chi connectivity index (χ2v) is 3.98. The molecule has 2 aromatic rings. The van der Waals surface area contributed by atoms with E-state index < -0.39 is 29.1 Å². The Kier molecular flexibility index (Phi) is 3.49. The maximum atomic E-state index is 13.6. The van der Waals surface area contributed by atoms with Crippen LogP contribution in [0.1, 0.15) is 11.1 Å². The highest BCUT2D eigenvalue weighted by Crippen LogP contribution is 2.30. The first-order valence-electron chi connectivity index (χ1n) is 4.99. The largest absolute Gasteiger partial charge is 0.419 e. The monoisotopic (exact) mass is 296 g/mol. The van der Waals surface area contributed by atoms with E-state index in [0.29, 0.717) is 17.1 Å². The van der Waals surface area contributed by atoms with Gasteiger partial charge < -0.3 is 0 Å². The molecule has 102 valence electrons. The summed E-state index contributed by atoms with van der Waals surface area (Å²) >= 11 is 5.43. The van der Waals surface area contributed by atoms with Gasteiger partial charge in [0, 0.05) is 12.1 Å². The molecule has 0 aliphatic rings. The van der Waals surface area contributed by atoms with Crippen molar-refractivity contribution in [3.8, 4) is 5.69 Å². The first-order valence-corrected chi connectivity index (χ1v) is 5.52. The number of alkyl halides is 4. The third-order valence-electron chi connectivity index (χ3n) is 2.37. The molecule has 2 rings (SSSR count). The normalized spacial score (nSPS) is 11.9. The Morgan fingerprint density at radius 3 is 2.16 bits per heavy atom. The van der Waals surface area contributed by atoms with Crippen molar-refractivity contribution < 1.29 is 22.0 Å². The highest BCUT2D eigenvalue weighted by molar-refractivity contribution is 6.17. The molecule has 0 atom stereocenters. The van der Waals surface area contributed by atoms with Gasteiger partial charge >= 0.3 is 6.18 Å². The van der Waals surface area contributed by atoms with Crippen molar-refractivity contribution >= 4 is 11.6 Å². The summed E-state index contributed by atoms with van der Waals surface area (Å²) in [5.41, 5.74) is -1.58. The lowest BCUT2D eigenvalue weighted by Crippen LogP contribution is -2.05. The molecule has 8 heteroatoms. The predicted molar refractivity (Wildman–Crippen MR) is 58.0 cm³/mol.